The average Bonchev–Trinajstić information content (AvgIpc) is 2.96. The molecule has 0 amide bonds. The molecule has 0 radical (unpaired) electrons. The van der Waals surface area contributed by atoms with Crippen LogP contribution in [0.1, 0.15) is 30.1 Å². The normalized spacial score (nSPS) is 10.7. The molecule has 7 heteroatoms. The van der Waals surface area contributed by atoms with E-state index in [1.807, 2.05) is 6.92 Å². The van der Waals surface area contributed by atoms with Crippen LogP contribution in [0.4, 0.5) is 0 Å². The summed E-state index contributed by atoms with van der Waals surface area (Å²) in [5, 5.41) is 11.7. The Labute approximate surface area is 127 Å². The van der Waals surface area contributed by atoms with E-state index in [4.69, 9.17) is 19.1 Å². The van der Waals surface area contributed by atoms with Crippen molar-refractivity contribution in [3.05, 3.63) is 23.6 Å². The first-order valence-corrected chi connectivity index (χ1v) is 6.92. The minimum absolute atomic E-state index is 0.136. The summed E-state index contributed by atoms with van der Waals surface area (Å²) in [6.07, 6.45) is 0.504. The third-order valence-corrected chi connectivity index (χ3v) is 3.09. The van der Waals surface area contributed by atoms with Gasteiger partial charge in [-0.3, -0.25) is 4.79 Å². The lowest BCUT2D eigenvalue weighted by atomic mass is 10.0. The molecule has 2 rings (SSSR count). The van der Waals surface area contributed by atoms with Crippen LogP contribution in [0, 0.1) is 0 Å². The molecule has 118 valence electrons. The van der Waals surface area contributed by atoms with Crippen molar-refractivity contribution in [2.75, 3.05) is 20.3 Å². The molecular weight excluding hydrogens is 288 g/mol. The molecule has 0 saturated heterocycles. The lowest BCUT2D eigenvalue weighted by Crippen LogP contribution is -2.00. The van der Waals surface area contributed by atoms with Gasteiger partial charge in [0.1, 0.15) is 0 Å². The molecule has 0 bridgehead atoms. The van der Waals surface area contributed by atoms with Gasteiger partial charge in [-0.15, -0.1) is 0 Å². The van der Waals surface area contributed by atoms with Crippen molar-refractivity contribution >= 4 is 5.78 Å². The lowest BCUT2D eigenvalue weighted by molar-refractivity contribution is 0.101. The molecule has 1 heterocycles. The van der Waals surface area contributed by atoms with Crippen LogP contribution in [0.2, 0.25) is 0 Å². The van der Waals surface area contributed by atoms with Crippen LogP contribution in [-0.2, 0) is 11.2 Å². The van der Waals surface area contributed by atoms with E-state index in [-0.39, 0.29) is 11.5 Å². The van der Waals surface area contributed by atoms with Crippen molar-refractivity contribution in [3.8, 4) is 22.9 Å². The summed E-state index contributed by atoms with van der Waals surface area (Å²) in [4.78, 5) is 16.1. The highest BCUT2D eigenvalue weighted by atomic mass is 16.5. The molecule has 2 aromatic rings. The van der Waals surface area contributed by atoms with Crippen LogP contribution in [-0.4, -0.2) is 41.4 Å². The molecular formula is C15H19N2O5+. The smallest absolute Gasteiger partial charge is 0.297 e. The van der Waals surface area contributed by atoms with E-state index in [9.17, 15) is 4.79 Å². The summed E-state index contributed by atoms with van der Waals surface area (Å²) in [6, 6.07) is 3.03. The number of methoxy groups -OCH3 is 1. The Morgan fingerprint density at radius 3 is 2.82 bits per heavy atom. The number of hydrogen-bond acceptors (Lipinski definition) is 6. The van der Waals surface area contributed by atoms with Gasteiger partial charge in [0, 0.05) is 29.9 Å². The highest BCUT2D eigenvalue weighted by molar-refractivity contribution is 6.01. The molecule has 0 unspecified atom stereocenters. The summed E-state index contributed by atoms with van der Waals surface area (Å²) >= 11 is 0. The van der Waals surface area contributed by atoms with Crippen LogP contribution in [0.5, 0.6) is 11.5 Å². The van der Waals surface area contributed by atoms with E-state index in [1.54, 1.807) is 6.07 Å². The predicted octanol–water partition coefficient (Wildman–Crippen LogP) is 1.96. The van der Waals surface area contributed by atoms with Gasteiger partial charge in [-0.2, -0.15) is 4.98 Å². The Kier molecular flexibility index (Phi) is 5.11. The summed E-state index contributed by atoms with van der Waals surface area (Å²) < 4.78 is 15.5. The zero-order valence-corrected chi connectivity index (χ0v) is 12.8. The largest absolute Gasteiger partial charge is 0.591 e. The first-order valence-electron chi connectivity index (χ1n) is 6.92. The Hall–Kier alpha value is -2.41. The molecule has 22 heavy (non-hydrogen) atoms. The molecule has 2 N–H and O–H groups in total. The Morgan fingerprint density at radius 1 is 1.41 bits per heavy atom. The van der Waals surface area contributed by atoms with Gasteiger partial charge in [-0.25, -0.2) is 0 Å². The average molecular weight is 307 g/mol. The molecule has 0 atom stereocenters. The van der Waals surface area contributed by atoms with Gasteiger partial charge in [0.25, 0.3) is 5.75 Å². The van der Waals surface area contributed by atoms with Crippen LogP contribution in [0.15, 0.2) is 16.7 Å². The number of aromatic nitrogens is 2. The first kappa shape index (κ1) is 16.0. The van der Waals surface area contributed by atoms with Crippen molar-refractivity contribution in [2.45, 2.75) is 20.3 Å². The number of ether oxygens (including phenoxy) is 2. The Balaban J connectivity index is 2.36. The van der Waals surface area contributed by atoms with Gasteiger partial charge >= 0.3 is 0 Å². The molecule has 0 aliphatic carbocycles. The topological polar surface area (TPSA) is 97.3 Å². The second kappa shape index (κ2) is 7.04. The SMILES string of the molecule is CCOCCc1nc(-c2cc(OC)c([OH2+])cc2C(C)=O)no1. The Morgan fingerprint density at radius 2 is 2.18 bits per heavy atom. The summed E-state index contributed by atoms with van der Waals surface area (Å²) in [5.41, 5.74) is 0.856. The number of carbonyl (C=O) groups is 1. The van der Waals surface area contributed by atoms with E-state index >= 15 is 0 Å². The second-order valence-electron chi connectivity index (χ2n) is 4.61. The van der Waals surface area contributed by atoms with Gasteiger partial charge in [0.05, 0.1) is 20.1 Å². The summed E-state index contributed by atoms with van der Waals surface area (Å²) in [5.74, 6) is 1.05. The zero-order valence-electron chi connectivity index (χ0n) is 12.8. The van der Waals surface area contributed by atoms with Crippen LogP contribution < -0.4 is 4.74 Å². The molecule has 0 spiro atoms. The number of nitrogens with zero attached hydrogens (tertiary/aromatic N) is 2. The zero-order chi connectivity index (χ0) is 16.1. The fourth-order valence-electron chi connectivity index (χ4n) is 1.99. The highest BCUT2D eigenvalue weighted by Crippen LogP contribution is 2.34. The van der Waals surface area contributed by atoms with Crippen LogP contribution >= 0.6 is 0 Å². The van der Waals surface area contributed by atoms with E-state index in [0.29, 0.717) is 48.2 Å². The molecule has 0 aliphatic rings. The van der Waals surface area contributed by atoms with Gasteiger partial charge in [-0.05, 0) is 13.8 Å². The van der Waals surface area contributed by atoms with Crippen LogP contribution in [0.3, 0.4) is 0 Å². The van der Waals surface area contributed by atoms with Crippen molar-refractivity contribution < 1.29 is 23.9 Å². The van der Waals surface area contributed by atoms with Crippen LogP contribution in [0.25, 0.3) is 11.4 Å². The van der Waals surface area contributed by atoms with Gasteiger partial charge in [-0.1, -0.05) is 5.16 Å². The minimum atomic E-state index is -0.174. The number of benzene rings is 1. The maximum absolute atomic E-state index is 11.8. The highest BCUT2D eigenvalue weighted by Gasteiger charge is 2.20. The lowest BCUT2D eigenvalue weighted by Gasteiger charge is -2.06. The maximum Gasteiger partial charge on any atom is 0.297 e. The minimum Gasteiger partial charge on any atom is -0.591 e. The van der Waals surface area contributed by atoms with Crippen molar-refractivity contribution in [2.24, 2.45) is 0 Å². The van der Waals surface area contributed by atoms with E-state index in [2.05, 4.69) is 10.1 Å². The Bertz CT molecular complexity index is 666. The maximum atomic E-state index is 11.8. The third kappa shape index (κ3) is 3.43. The number of ketones is 1. The van der Waals surface area contributed by atoms with Crippen molar-refractivity contribution in [3.63, 3.8) is 0 Å². The molecule has 0 saturated carbocycles. The number of Topliss-reactive ketones (excluding diaryl/α,β-unsaturated/α-hetero) is 1. The van der Waals surface area contributed by atoms with Crippen molar-refractivity contribution in [1.29, 1.82) is 0 Å². The van der Waals surface area contributed by atoms with E-state index in [0.717, 1.165) is 0 Å². The summed E-state index contributed by atoms with van der Waals surface area (Å²) in [7, 11) is 1.47. The fourth-order valence-corrected chi connectivity index (χ4v) is 1.99. The number of rotatable bonds is 7. The monoisotopic (exact) mass is 307 g/mol. The molecule has 7 nitrogen and oxygen atoms in total. The van der Waals surface area contributed by atoms with E-state index < -0.39 is 0 Å². The second-order valence-corrected chi connectivity index (χ2v) is 4.61. The molecule has 0 fully saturated rings. The van der Waals surface area contributed by atoms with Gasteiger partial charge < -0.3 is 19.1 Å². The summed E-state index contributed by atoms with van der Waals surface area (Å²) in [6.45, 7) is 4.46. The third-order valence-electron chi connectivity index (χ3n) is 3.09. The predicted molar refractivity (Wildman–Crippen MR) is 79.5 cm³/mol. The van der Waals surface area contributed by atoms with Crippen molar-refractivity contribution in [1.82, 2.24) is 10.1 Å². The fraction of sp³-hybridized carbons (Fsp3) is 0.400. The number of carbonyl (C=O) groups excluding carboxylic acids is 1. The molecule has 1 aromatic carbocycles. The standard InChI is InChI=1S/C15H18N2O5/c1-4-21-6-5-14-16-15(17-22-14)11-8-13(20-3)12(19)7-10(11)9(2)18/h7-8,19H,4-6H2,1-3H3/p+1. The first-order chi connectivity index (χ1) is 10.6. The quantitative estimate of drug-likeness (QED) is 0.440. The van der Waals surface area contributed by atoms with Gasteiger partial charge in [0.2, 0.25) is 17.5 Å². The van der Waals surface area contributed by atoms with Gasteiger partial charge in [0.15, 0.2) is 5.78 Å². The molecule has 1 aromatic heterocycles. The van der Waals surface area contributed by atoms with E-state index in [1.165, 1.54) is 20.1 Å². The molecule has 0 aliphatic heterocycles. The number of hydrogen-bond donors (Lipinski definition) is 0.